The van der Waals surface area contributed by atoms with Crippen molar-refractivity contribution >= 4 is 5.91 Å². The van der Waals surface area contributed by atoms with Crippen LogP contribution in [-0.4, -0.2) is 18.6 Å². The van der Waals surface area contributed by atoms with E-state index in [0.717, 1.165) is 5.76 Å². The van der Waals surface area contributed by atoms with Crippen LogP contribution in [0, 0.1) is 5.82 Å². The third kappa shape index (κ3) is 4.12. The third-order valence-corrected chi connectivity index (χ3v) is 2.69. The first-order valence-corrected chi connectivity index (χ1v) is 6.34. The number of nitrogens with one attached hydrogen (secondary N) is 1. The molecule has 0 radical (unpaired) electrons. The predicted molar refractivity (Wildman–Crippen MR) is 71.9 cm³/mol. The minimum absolute atomic E-state index is 0.0707. The second-order valence-electron chi connectivity index (χ2n) is 4.47. The van der Waals surface area contributed by atoms with E-state index in [1.165, 1.54) is 12.1 Å². The van der Waals surface area contributed by atoms with E-state index in [1.54, 1.807) is 24.5 Å². The molecule has 1 amide bonds. The van der Waals surface area contributed by atoms with Gasteiger partial charge in [0.25, 0.3) is 5.91 Å². The number of ether oxygens (including phenoxy) is 1. The Morgan fingerprint density at radius 3 is 2.85 bits per heavy atom. The molecule has 0 saturated heterocycles. The molecule has 0 aliphatic rings. The first-order chi connectivity index (χ1) is 9.65. The molecule has 1 N–H and O–H groups in total. The molecule has 2 rings (SSSR count). The zero-order chi connectivity index (χ0) is 14.4. The lowest BCUT2D eigenvalue weighted by Gasteiger charge is -2.13. The van der Waals surface area contributed by atoms with Crippen molar-refractivity contribution in [3.63, 3.8) is 0 Å². The number of benzene rings is 1. The summed E-state index contributed by atoms with van der Waals surface area (Å²) in [5.41, 5.74) is 0. The van der Waals surface area contributed by atoms with Crippen molar-refractivity contribution in [2.75, 3.05) is 6.61 Å². The van der Waals surface area contributed by atoms with Gasteiger partial charge in [-0.25, -0.2) is 4.39 Å². The van der Waals surface area contributed by atoms with E-state index in [-0.39, 0.29) is 24.3 Å². The fraction of sp³-hybridized carbons (Fsp3) is 0.267. The summed E-state index contributed by atoms with van der Waals surface area (Å²) in [5, 5.41) is 2.76. The molecular formula is C15H16FNO3. The molecule has 4 nitrogen and oxygen atoms in total. The molecule has 0 spiro atoms. The summed E-state index contributed by atoms with van der Waals surface area (Å²) >= 11 is 0. The van der Waals surface area contributed by atoms with Crippen LogP contribution in [0.1, 0.15) is 12.7 Å². The lowest BCUT2D eigenvalue weighted by Crippen LogP contribution is -2.37. The normalized spacial score (nSPS) is 11.9. The van der Waals surface area contributed by atoms with E-state index in [1.807, 2.05) is 13.0 Å². The van der Waals surface area contributed by atoms with Crippen LogP contribution in [0.15, 0.2) is 47.1 Å². The number of carbonyl (C=O) groups is 1. The minimum atomic E-state index is -0.482. The summed E-state index contributed by atoms with van der Waals surface area (Å²) in [6.07, 6.45) is 2.18. The number of furan rings is 1. The van der Waals surface area contributed by atoms with E-state index < -0.39 is 5.82 Å². The van der Waals surface area contributed by atoms with Gasteiger partial charge in [0.15, 0.2) is 18.2 Å². The maximum atomic E-state index is 13.3. The Labute approximate surface area is 116 Å². The van der Waals surface area contributed by atoms with Gasteiger partial charge in [0.2, 0.25) is 0 Å². The molecule has 0 aliphatic carbocycles. The lowest BCUT2D eigenvalue weighted by molar-refractivity contribution is -0.123. The zero-order valence-electron chi connectivity index (χ0n) is 11.1. The van der Waals surface area contributed by atoms with Crippen LogP contribution in [-0.2, 0) is 11.2 Å². The Morgan fingerprint density at radius 2 is 2.15 bits per heavy atom. The molecule has 0 aliphatic heterocycles. The summed E-state index contributed by atoms with van der Waals surface area (Å²) in [4.78, 5) is 11.7. The molecule has 1 aromatic carbocycles. The molecule has 0 unspecified atom stereocenters. The Balaban J connectivity index is 1.76. The van der Waals surface area contributed by atoms with Gasteiger partial charge < -0.3 is 14.5 Å². The molecular weight excluding hydrogens is 261 g/mol. The van der Waals surface area contributed by atoms with Crippen molar-refractivity contribution in [2.24, 2.45) is 0 Å². The smallest absolute Gasteiger partial charge is 0.258 e. The van der Waals surface area contributed by atoms with Gasteiger partial charge in [-0.15, -0.1) is 0 Å². The molecule has 1 atom stereocenters. The van der Waals surface area contributed by atoms with E-state index in [2.05, 4.69) is 5.32 Å². The van der Waals surface area contributed by atoms with Crippen molar-refractivity contribution in [3.8, 4) is 5.75 Å². The summed E-state index contributed by atoms with van der Waals surface area (Å²) in [6, 6.07) is 9.53. The molecule has 20 heavy (non-hydrogen) atoms. The van der Waals surface area contributed by atoms with Gasteiger partial charge in [0, 0.05) is 12.5 Å². The van der Waals surface area contributed by atoms with Crippen molar-refractivity contribution in [2.45, 2.75) is 19.4 Å². The molecule has 1 heterocycles. The Kier molecular flexibility index (Phi) is 4.76. The van der Waals surface area contributed by atoms with Gasteiger partial charge in [-0.2, -0.15) is 0 Å². The molecule has 0 saturated carbocycles. The summed E-state index contributed by atoms with van der Waals surface area (Å²) in [6.45, 7) is 1.65. The fourth-order valence-electron chi connectivity index (χ4n) is 1.80. The van der Waals surface area contributed by atoms with Gasteiger partial charge in [-0.3, -0.25) is 4.79 Å². The second kappa shape index (κ2) is 6.75. The van der Waals surface area contributed by atoms with Crippen molar-refractivity contribution < 1.29 is 18.3 Å². The number of halogens is 1. The van der Waals surface area contributed by atoms with Crippen molar-refractivity contribution in [3.05, 3.63) is 54.2 Å². The number of hydrogen-bond acceptors (Lipinski definition) is 3. The number of amides is 1. The van der Waals surface area contributed by atoms with E-state index in [4.69, 9.17) is 9.15 Å². The lowest BCUT2D eigenvalue weighted by atomic mass is 10.2. The molecule has 5 heteroatoms. The average molecular weight is 277 g/mol. The zero-order valence-corrected chi connectivity index (χ0v) is 11.1. The Hall–Kier alpha value is -2.30. The summed E-state index contributed by atoms with van der Waals surface area (Å²) < 4.78 is 23.6. The molecule has 0 fully saturated rings. The monoisotopic (exact) mass is 277 g/mol. The quantitative estimate of drug-likeness (QED) is 0.882. The van der Waals surface area contributed by atoms with Gasteiger partial charge in [0.05, 0.1) is 6.26 Å². The van der Waals surface area contributed by atoms with Gasteiger partial charge in [0.1, 0.15) is 5.76 Å². The van der Waals surface area contributed by atoms with Crippen LogP contribution in [0.5, 0.6) is 5.75 Å². The largest absolute Gasteiger partial charge is 0.481 e. The maximum Gasteiger partial charge on any atom is 0.258 e. The second-order valence-corrected chi connectivity index (χ2v) is 4.47. The molecule has 2 aromatic rings. The van der Waals surface area contributed by atoms with Gasteiger partial charge in [-0.1, -0.05) is 12.1 Å². The van der Waals surface area contributed by atoms with Crippen molar-refractivity contribution in [1.82, 2.24) is 5.32 Å². The summed E-state index contributed by atoms with van der Waals surface area (Å²) in [7, 11) is 0. The number of hydrogen-bond donors (Lipinski definition) is 1. The number of rotatable bonds is 6. The molecule has 0 bridgehead atoms. The van der Waals surface area contributed by atoms with Crippen LogP contribution in [0.4, 0.5) is 4.39 Å². The fourth-order valence-corrected chi connectivity index (χ4v) is 1.80. The maximum absolute atomic E-state index is 13.3. The minimum Gasteiger partial charge on any atom is -0.481 e. The van der Waals surface area contributed by atoms with Crippen LogP contribution < -0.4 is 10.1 Å². The highest BCUT2D eigenvalue weighted by atomic mass is 19.1. The highest BCUT2D eigenvalue weighted by Gasteiger charge is 2.11. The predicted octanol–water partition coefficient (Wildman–Crippen LogP) is 2.54. The van der Waals surface area contributed by atoms with Gasteiger partial charge >= 0.3 is 0 Å². The number of para-hydroxylation sites is 1. The highest BCUT2D eigenvalue weighted by Crippen LogP contribution is 2.14. The molecule has 106 valence electrons. The van der Waals surface area contributed by atoms with Crippen molar-refractivity contribution in [1.29, 1.82) is 0 Å². The first-order valence-electron chi connectivity index (χ1n) is 6.34. The SMILES string of the molecule is C[C@@H](Cc1ccco1)NC(=O)COc1ccccc1F. The first kappa shape index (κ1) is 14.1. The Bertz CT molecular complexity index is 554. The standard InChI is InChI=1S/C15H16FNO3/c1-11(9-12-5-4-8-19-12)17-15(18)10-20-14-7-3-2-6-13(14)16/h2-8,11H,9-10H2,1H3,(H,17,18)/t11-/m0/s1. The molecule has 1 aromatic heterocycles. The number of carbonyl (C=O) groups excluding carboxylic acids is 1. The van der Waals surface area contributed by atoms with Gasteiger partial charge in [-0.05, 0) is 31.2 Å². The highest BCUT2D eigenvalue weighted by molar-refractivity contribution is 5.77. The third-order valence-electron chi connectivity index (χ3n) is 2.69. The van der Waals surface area contributed by atoms with E-state index >= 15 is 0 Å². The van der Waals surface area contributed by atoms with Crippen LogP contribution in [0.25, 0.3) is 0 Å². The van der Waals surface area contributed by atoms with Crippen LogP contribution >= 0.6 is 0 Å². The van der Waals surface area contributed by atoms with Crippen LogP contribution in [0.2, 0.25) is 0 Å². The van der Waals surface area contributed by atoms with Crippen LogP contribution in [0.3, 0.4) is 0 Å². The average Bonchev–Trinajstić information content (AvgIpc) is 2.90. The topological polar surface area (TPSA) is 51.5 Å². The van der Waals surface area contributed by atoms with E-state index in [9.17, 15) is 9.18 Å². The summed E-state index contributed by atoms with van der Waals surface area (Å²) in [5.74, 6) is 0.0883. The Morgan fingerprint density at radius 1 is 1.35 bits per heavy atom. The van der Waals surface area contributed by atoms with E-state index in [0.29, 0.717) is 6.42 Å².